The van der Waals surface area contributed by atoms with E-state index in [0.717, 1.165) is 30.6 Å². The average Bonchev–Trinajstić information content (AvgIpc) is 2.52. The van der Waals surface area contributed by atoms with E-state index in [1.165, 1.54) is 25.7 Å². The van der Waals surface area contributed by atoms with Crippen molar-refractivity contribution < 1.29 is 5.11 Å². The number of aliphatic hydroxyl groups excluding tert-OH is 1. The Hall–Kier alpha value is 0.440. The highest BCUT2D eigenvalue weighted by Gasteiger charge is 2.50. The van der Waals surface area contributed by atoms with Crippen molar-refractivity contribution in [2.45, 2.75) is 70.2 Å². The molecule has 2 saturated carbocycles. The third-order valence-corrected chi connectivity index (χ3v) is 6.57. The van der Waals surface area contributed by atoms with Crippen molar-refractivity contribution in [3.63, 3.8) is 0 Å². The number of rotatable bonds is 3. The molecule has 0 aromatic rings. The summed E-state index contributed by atoms with van der Waals surface area (Å²) < 4.78 is 0. The summed E-state index contributed by atoms with van der Waals surface area (Å²) in [6, 6.07) is 0. The summed E-state index contributed by atoms with van der Waals surface area (Å²) >= 11 is 3.80. The van der Waals surface area contributed by atoms with Gasteiger partial charge in [-0.2, -0.15) is 0 Å². The smallest absolute Gasteiger partial charge is 0.0543 e. The van der Waals surface area contributed by atoms with E-state index in [4.69, 9.17) is 0 Å². The highest BCUT2D eigenvalue weighted by Crippen LogP contribution is 2.57. The van der Waals surface area contributed by atoms with Crippen molar-refractivity contribution in [2.75, 3.05) is 0 Å². The topological polar surface area (TPSA) is 20.2 Å². The van der Waals surface area contributed by atoms with Gasteiger partial charge in [-0.1, -0.05) is 36.7 Å². The number of alkyl halides is 1. The van der Waals surface area contributed by atoms with Crippen LogP contribution in [0.25, 0.3) is 0 Å². The average molecular weight is 303 g/mol. The van der Waals surface area contributed by atoms with Gasteiger partial charge in [0.1, 0.15) is 0 Å². The molecule has 0 aromatic heterocycles. The molecule has 0 bridgehead atoms. The predicted molar refractivity (Wildman–Crippen MR) is 76.3 cm³/mol. The van der Waals surface area contributed by atoms with Gasteiger partial charge in [-0.05, 0) is 61.7 Å². The monoisotopic (exact) mass is 302 g/mol. The lowest BCUT2D eigenvalue weighted by molar-refractivity contribution is 0.0384. The first-order valence-corrected chi connectivity index (χ1v) is 8.18. The highest BCUT2D eigenvalue weighted by molar-refractivity contribution is 9.09. The van der Waals surface area contributed by atoms with E-state index in [-0.39, 0.29) is 6.10 Å². The molecule has 4 unspecified atom stereocenters. The minimum absolute atomic E-state index is 0.0276. The first-order chi connectivity index (χ1) is 7.95. The SMILES string of the molecule is CC[C@@H](Br)CC1CC2CCC(O)CC2C1(C)C. The molecule has 1 nitrogen and oxygen atoms in total. The van der Waals surface area contributed by atoms with Crippen molar-refractivity contribution in [3.05, 3.63) is 0 Å². The van der Waals surface area contributed by atoms with Crippen LogP contribution in [-0.4, -0.2) is 16.0 Å². The van der Waals surface area contributed by atoms with Crippen LogP contribution in [0.15, 0.2) is 0 Å². The van der Waals surface area contributed by atoms with Crippen molar-refractivity contribution in [1.29, 1.82) is 0 Å². The molecule has 2 rings (SSSR count). The number of aliphatic hydroxyl groups is 1. The first-order valence-electron chi connectivity index (χ1n) is 7.27. The van der Waals surface area contributed by atoms with E-state index >= 15 is 0 Å². The Morgan fingerprint density at radius 1 is 1.29 bits per heavy atom. The molecule has 1 N–H and O–H groups in total. The minimum Gasteiger partial charge on any atom is -0.393 e. The van der Waals surface area contributed by atoms with Gasteiger partial charge in [-0.15, -0.1) is 0 Å². The number of hydrogen-bond donors (Lipinski definition) is 1. The van der Waals surface area contributed by atoms with Gasteiger partial charge in [-0.25, -0.2) is 0 Å². The van der Waals surface area contributed by atoms with E-state index in [9.17, 15) is 5.11 Å². The van der Waals surface area contributed by atoms with Gasteiger partial charge in [0.2, 0.25) is 0 Å². The van der Waals surface area contributed by atoms with Crippen LogP contribution in [0.1, 0.15) is 59.3 Å². The maximum atomic E-state index is 9.89. The molecule has 2 heteroatoms. The summed E-state index contributed by atoms with van der Waals surface area (Å²) in [7, 11) is 0. The Labute approximate surface area is 114 Å². The minimum atomic E-state index is -0.0276. The van der Waals surface area contributed by atoms with E-state index in [1.54, 1.807) is 0 Å². The Kier molecular flexibility index (Phi) is 4.24. The fourth-order valence-electron chi connectivity index (χ4n) is 4.25. The standard InChI is InChI=1S/C15H27BrO/c1-4-12(16)8-11-7-10-5-6-13(17)9-14(10)15(11,2)3/h10-14,17H,4-9H2,1-3H3/t10?,11?,12-,13?,14?/m1/s1. The summed E-state index contributed by atoms with van der Waals surface area (Å²) in [5, 5.41) is 9.89. The molecule has 17 heavy (non-hydrogen) atoms. The Balaban J connectivity index is 2.06. The summed E-state index contributed by atoms with van der Waals surface area (Å²) in [6.45, 7) is 7.14. The zero-order chi connectivity index (χ0) is 12.6. The lowest BCUT2D eigenvalue weighted by Gasteiger charge is -2.39. The molecule has 0 aliphatic heterocycles. The van der Waals surface area contributed by atoms with Gasteiger partial charge in [0.25, 0.3) is 0 Å². The number of hydrogen-bond acceptors (Lipinski definition) is 1. The van der Waals surface area contributed by atoms with Crippen molar-refractivity contribution in [1.82, 2.24) is 0 Å². The maximum Gasteiger partial charge on any atom is 0.0543 e. The third-order valence-electron chi connectivity index (χ3n) is 5.54. The van der Waals surface area contributed by atoms with E-state index in [0.29, 0.717) is 10.2 Å². The van der Waals surface area contributed by atoms with Crippen LogP contribution in [0, 0.1) is 23.2 Å². The van der Waals surface area contributed by atoms with Gasteiger partial charge < -0.3 is 5.11 Å². The summed E-state index contributed by atoms with van der Waals surface area (Å²) in [4.78, 5) is 0.678. The normalized spacial score (nSPS) is 42.2. The molecular weight excluding hydrogens is 276 g/mol. The van der Waals surface area contributed by atoms with Crippen LogP contribution < -0.4 is 0 Å². The lowest BCUT2D eigenvalue weighted by Crippen LogP contribution is -2.33. The van der Waals surface area contributed by atoms with Crippen LogP contribution in [-0.2, 0) is 0 Å². The second-order valence-corrected chi connectivity index (χ2v) is 8.12. The predicted octanol–water partition coefficient (Wildman–Crippen LogP) is 4.37. The van der Waals surface area contributed by atoms with Crippen LogP contribution in [0.3, 0.4) is 0 Å². The van der Waals surface area contributed by atoms with Gasteiger partial charge in [0.15, 0.2) is 0 Å². The fraction of sp³-hybridized carbons (Fsp3) is 1.00. The van der Waals surface area contributed by atoms with E-state index < -0.39 is 0 Å². The van der Waals surface area contributed by atoms with Crippen LogP contribution in [0.4, 0.5) is 0 Å². The molecule has 0 saturated heterocycles. The molecule has 0 heterocycles. The van der Waals surface area contributed by atoms with Crippen molar-refractivity contribution in [2.24, 2.45) is 23.2 Å². The Bertz CT molecular complexity index is 264. The molecule has 2 fully saturated rings. The lowest BCUT2D eigenvalue weighted by atomic mass is 9.68. The van der Waals surface area contributed by atoms with Gasteiger partial charge in [-0.3, -0.25) is 0 Å². The molecule has 100 valence electrons. The Morgan fingerprint density at radius 2 is 2.00 bits per heavy atom. The summed E-state index contributed by atoms with van der Waals surface area (Å²) in [6.07, 6.45) is 7.25. The molecule has 2 aliphatic carbocycles. The second-order valence-electron chi connectivity index (χ2n) is 6.83. The largest absolute Gasteiger partial charge is 0.393 e. The van der Waals surface area contributed by atoms with E-state index in [2.05, 4.69) is 36.7 Å². The highest BCUT2D eigenvalue weighted by atomic mass is 79.9. The van der Waals surface area contributed by atoms with Gasteiger partial charge >= 0.3 is 0 Å². The van der Waals surface area contributed by atoms with Crippen LogP contribution in [0.5, 0.6) is 0 Å². The van der Waals surface area contributed by atoms with Crippen LogP contribution >= 0.6 is 15.9 Å². The first kappa shape index (κ1) is 13.9. The quantitative estimate of drug-likeness (QED) is 0.767. The summed E-state index contributed by atoms with van der Waals surface area (Å²) in [5.41, 5.74) is 0.424. The van der Waals surface area contributed by atoms with Crippen molar-refractivity contribution in [3.8, 4) is 0 Å². The third kappa shape index (κ3) is 2.73. The maximum absolute atomic E-state index is 9.89. The fourth-order valence-corrected chi connectivity index (χ4v) is 4.70. The number of fused-ring (bicyclic) bond motifs is 1. The van der Waals surface area contributed by atoms with Gasteiger partial charge in [0, 0.05) is 4.83 Å². The molecule has 5 atom stereocenters. The van der Waals surface area contributed by atoms with Crippen LogP contribution in [0.2, 0.25) is 0 Å². The Morgan fingerprint density at radius 3 is 2.65 bits per heavy atom. The second kappa shape index (κ2) is 5.21. The molecule has 2 aliphatic rings. The summed E-state index contributed by atoms with van der Waals surface area (Å²) in [5.74, 6) is 2.48. The molecule has 0 aromatic carbocycles. The molecule has 0 spiro atoms. The number of halogens is 1. The van der Waals surface area contributed by atoms with E-state index in [1.807, 2.05) is 0 Å². The molecular formula is C15H27BrO. The zero-order valence-electron chi connectivity index (χ0n) is 11.5. The molecule has 0 amide bonds. The van der Waals surface area contributed by atoms with Gasteiger partial charge in [0.05, 0.1) is 6.10 Å². The molecule has 0 radical (unpaired) electrons. The van der Waals surface area contributed by atoms with Crippen molar-refractivity contribution >= 4 is 15.9 Å². The zero-order valence-corrected chi connectivity index (χ0v) is 13.0.